The van der Waals surface area contributed by atoms with E-state index in [2.05, 4.69) is 0 Å². The zero-order valence-electron chi connectivity index (χ0n) is 8.25. The van der Waals surface area contributed by atoms with Gasteiger partial charge < -0.3 is 9.47 Å². The summed E-state index contributed by atoms with van der Waals surface area (Å²) in [6.07, 6.45) is 5.19. The lowest BCUT2D eigenvalue weighted by Gasteiger charge is -2.08. The van der Waals surface area contributed by atoms with Gasteiger partial charge in [0.25, 0.3) is 0 Å². The normalized spacial score (nSPS) is 21.8. The van der Waals surface area contributed by atoms with E-state index >= 15 is 0 Å². The number of hydrogen-bond donors (Lipinski definition) is 0. The molecule has 1 fully saturated rings. The highest BCUT2D eigenvalue weighted by atomic mass is 16.5. The van der Waals surface area contributed by atoms with Crippen molar-refractivity contribution in [3.05, 3.63) is 0 Å². The van der Waals surface area contributed by atoms with Gasteiger partial charge in [-0.2, -0.15) is 0 Å². The van der Waals surface area contributed by atoms with Gasteiger partial charge in [-0.15, -0.1) is 0 Å². The standard InChI is InChI=1S/C10H18O3/c1-2-10(11)13-8-4-6-9-5-3-7-12-9/h9H,2-8H2,1H3. The topological polar surface area (TPSA) is 35.5 Å². The van der Waals surface area contributed by atoms with Crippen LogP contribution in [0.15, 0.2) is 0 Å². The first kappa shape index (κ1) is 10.5. The third-order valence-electron chi connectivity index (χ3n) is 2.25. The molecule has 0 radical (unpaired) electrons. The quantitative estimate of drug-likeness (QED) is 0.486. The Morgan fingerprint density at radius 1 is 1.62 bits per heavy atom. The first-order valence-corrected chi connectivity index (χ1v) is 5.10. The number of carbonyl (C=O) groups is 1. The minimum Gasteiger partial charge on any atom is -0.466 e. The minimum atomic E-state index is -0.104. The molecule has 1 aliphatic heterocycles. The summed E-state index contributed by atoms with van der Waals surface area (Å²) in [4.78, 5) is 10.8. The van der Waals surface area contributed by atoms with Crippen LogP contribution in [0, 0.1) is 0 Å². The van der Waals surface area contributed by atoms with Crippen molar-refractivity contribution in [3.63, 3.8) is 0 Å². The van der Waals surface area contributed by atoms with Crippen LogP contribution in [0.1, 0.15) is 39.0 Å². The smallest absolute Gasteiger partial charge is 0.305 e. The summed E-state index contributed by atoms with van der Waals surface area (Å²) in [6, 6.07) is 0. The molecule has 0 bridgehead atoms. The van der Waals surface area contributed by atoms with Gasteiger partial charge in [0.15, 0.2) is 0 Å². The van der Waals surface area contributed by atoms with E-state index in [1.54, 1.807) is 0 Å². The van der Waals surface area contributed by atoms with Gasteiger partial charge in [0.05, 0.1) is 12.7 Å². The molecule has 1 atom stereocenters. The average molecular weight is 186 g/mol. The van der Waals surface area contributed by atoms with Crippen molar-refractivity contribution in [1.82, 2.24) is 0 Å². The van der Waals surface area contributed by atoms with Crippen LogP contribution in [0.2, 0.25) is 0 Å². The predicted molar refractivity (Wildman–Crippen MR) is 49.5 cm³/mol. The molecule has 1 saturated heterocycles. The molecule has 0 aromatic rings. The van der Waals surface area contributed by atoms with E-state index in [0.717, 1.165) is 19.4 Å². The second-order valence-corrected chi connectivity index (χ2v) is 3.35. The highest BCUT2D eigenvalue weighted by Gasteiger charge is 2.14. The Morgan fingerprint density at radius 3 is 3.08 bits per heavy atom. The molecule has 0 amide bonds. The fourth-order valence-corrected chi connectivity index (χ4v) is 1.47. The highest BCUT2D eigenvalue weighted by Crippen LogP contribution is 2.16. The Bertz CT molecular complexity index is 150. The summed E-state index contributed by atoms with van der Waals surface area (Å²) < 4.78 is 10.4. The Labute approximate surface area is 79.4 Å². The molecule has 1 aliphatic rings. The van der Waals surface area contributed by atoms with E-state index in [4.69, 9.17) is 9.47 Å². The second kappa shape index (κ2) is 5.97. The van der Waals surface area contributed by atoms with Gasteiger partial charge >= 0.3 is 5.97 Å². The van der Waals surface area contributed by atoms with E-state index in [1.165, 1.54) is 12.8 Å². The summed E-state index contributed by atoms with van der Waals surface area (Å²) in [5, 5.41) is 0. The molecule has 76 valence electrons. The maximum absolute atomic E-state index is 10.8. The van der Waals surface area contributed by atoms with Crippen LogP contribution in [0.4, 0.5) is 0 Å². The summed E-state index contributed by atoms with van der Waals surface area (Å²) >= 11 is 0. The average Bonchev–Trinajstić information content (AvgIpc) is 2.64. The van der Waals surface area contributed by atoms with E-state index in [-0.39, 0.29) is 5.97 Å². The molecular weight excluding hydrogens is 168 g/mol. The lowest BCUT2D eigenvalue weighted by molar-refractivity contribution is -0.143. The molecular formula is C10H18O3. The van der Waals surface area contributed by atoms with Gasteiger partial charge in [-0.3, -0.25) is 4.79 Å². The van der Waals surface area contributed by atoms with Gasteiger partial charge in [0.1, 0.15) is 0 Å². The molecule has 0 aromatic carbocycles. The van der Waals surface area contributed by atoms with Gasteiger partial charge in [-0.05, 0) is 25.7 Å². The molecule has 3 nitrogen and oxygen atoms in total. The Morgan fingerprint density at radius 2 is 2.46 bits per heavy atom. The molecule has 1 rings (SSSR count). The number of rotatable bonds is 5. The van der Waals surface area contributed by atoms with Gasteiger partial charge in [0.2, 0.25) is 0 Å². The zero-order chi connectivity index (χ0) is 9.52. The van der Waals surface area contributed by atoms with Crippen molar-refractivity contribution < 1.29 is 14.3 Å². The lowest BCUT2D eigenvalue weighted by Crippen LogP contribution is -2.09. The third kappa shape index (κ3) is 4.27. The maximum Gasteiger partial charge on any atom is 0.305 e. The van der Waals surface area contributed by atoms with Crippen molar-refractivity contribution in [2.75, 3.05) is 13.2 Å². The SMILES string of the molecule is CCC(=O)OCCCC1CCCO1. The fourth-order valence-electron chi connectivity index (χ4n) is 1.47. The number of esters is 1. The lowest BCUT2D eigenvalue weighted by atomic mass is 10.1. The van der Waals surface area contributed by atoms with Crippen molar-refractivity contribution in [2.24, 2.45) is 0 Å². The Balaban J connectivity index is 1.91. The van der Waals surface area contributed by atoms with Gasteiger partial charge in [-0.1, -0.05) is 6.92 Å². The first-order valence-electron chi connectivity index (χ1n) is 5.10. The second-order valence-electron chi connectivity index (χ2n) is 3.35. The molecule has 0 N–H and O–H groups in total. The minimum absolute atomic E-state index is 0.104. The zero-order valence-corrected chi connectivity index (χ0v) is 8.25. The van der Waals surface area contributed by atoms with Crippen molar-refractivity contribution in [1.29, 1.82) is 0 Å². The summed E-state index contributed by atoms with van der Waals surface area (Å²) in [5.41, 5.74) is 0. The Hall–Kier alpha value is -0.570. The predicted octanol–water partition coefficient (Wildman–Crippen LogP) is 1.90. The summed E-state index contributed by atoms with van der Waals surface area (Å²) in [6.45, 7) is 3.26. The maximum atomic E-state index is 10.8. The fraction of sp³-hybridized carbons (Fsp3) is 0.900. The van der Waals surface area contributed by atoms with Crippen LogP contribution < -0.4 is 0 Å². The molecule has 0 saturated carbocycles. The highest BCUT2D eigenvalue weighted by molar-refractivity contribution is 5.68. The van der Waals surface area contributed by atoms with E-state index < -0.39 is 0 Å². The summed E-state index contributed by atoms with van der Waals surface area (Å²) in [5.74, 6) is -0.104. The molecule has 1 heterocycles. The largest absolute Gasteiger partial charge is 0.466 e. The van der Waals surface area contributed by atoms with Crippen LogP contribution in [-0.2, 0) is 14.3 Å². The van der Waals surface area contributed by atoms with Crippen molar-refractivity contribution in [3.8, 4) is 0 Å². The van der Waals surface area contributed by atoms with Crippen molar-refractivity contribution >= 4 is 5.97 Å². The van der Waals surface area contributed by atoms with E-state index in [1.807, 2.05) is 6.92 Å². The van der Waals surface area contributed by atoms with E-state index in [9.17, 15) is 4.79 Å². The van der Waals surface area contributed by atoms with Gasteiger partial charge in [-0.25, -0.2) is 0 Å². The summed E-state index contributed by atoms with van der Waals surface area (Å²) in [7, 11) is 0. The van der Waals surface area contributed by atoms with Gasteiger partial charge in [0, 0.05) is 13.0 Å². The monoisotopic (exact) mass is 186 g/mol. The number of carbonyl (C=O) groups excluding carboxylic acids is 1. The van der Waals surface area contributed by atoms with Crippen LogP contribution in [0.5, 0.6) is 0 Å². The van der Waals surface area contributed by atoms with Crippen LogP contribution in [0.3, 0.4) is 0 Å². The molecule has 1 unspecified atom stereocenters. The Kier molecular flexibility index (Phi) is 4.83. The molecule has 0 aliphatic carbocycles. The first-order chi connectivity index (χ1) is 6.33. The van der Waals surface area contributed by atoms with Crippen LogP contribution >= 0.6 is 0 Å². The van der Waals surface area contributed by atoms with Crippen molar-refractivity contribution in [2.45, 2.75) is 45.1 Å². The molecule has 0 spiro atoms. The third-order valence-corrected chi connectivity index (χ3v) is 2.25. The molecule has 0 aromatic heterocycles. The number of hydrogen-bond acceptors (Lipinski definition) is 3. The molecule has 3 heteroatoms. The number of ether oxygens (including phenoxy) is 2. The van der Waals surface area contributed by atoms with Crippen LogP contribution in [-0.4, -0.2) is 25.3 Å². The van der Waals surface area contributed by atoms with E-state index in [0.29, 0.717) is 19.1 Å². The van der Waals surface area contributed by atoms with Crippen LogP contribution in [0.25, 0.3) is 0 Å². The molecule has 13 heavy (non-hydrogen) atoms.